The predicted octanol–water partition coefficient (Wildman–Crippen LogP) is 3.71. The van der Waals surface area contributed by atoms with Gasteiger partial charge in [-0.3, -0.25) is 4.79 Å². The minimum Gasteiger partial charge on any atom is -0.380 e. The van der Waals surface area contributed by atoms with Gasteiger partial charge in [-0.25, -0.2) is 4.98 Å². The Morgan fingerprint density at radius 2 is 1.96 bits per heavy atom. The molecule has 4 nitrogen and oxygen atoms in total. The molecule has 3 rings (SSSR count). The van der Waals surface area contributed by atoms with Crippen LogP contribution in [0.4, 0.5) is 13.2 Å². The van der Waals surface area contributed by atoms with Gasteiger partial charge in [-0.05, 0) is 31.9 Å². The van der Waals surface area contributed by atoms with E-state index >= 15 is 0 Å². The highest BCUT2D eigenvalue weighted by atomic mass is 32.1. The monoisotopic (exact) mass is 372 g/mol. The molecule has 0 radical (unpaired) electrons. The van der Waals surface area contributed by atoms with Gasteiger partial charge in [0.15, 0.2) is 5.60 Å². The van der Waals surface area contributed by atoms with Gasteiger partial charge >= 0.3 is 6.18 Å². The number of piperidine rings is 1. The quantitative estimate of drug-likeness (QED) is 0.894. The number of carbonyl (C=O) groups is 1. The molecule has 1 aliphatic heterocycles. The molecule has 1 amide bonds. The molecule has 1 aliphatic rings. The Balaban J connectivity index is 1.61. The van der Waals surface area contributed by atoms with E-state index in [-0.39, 0.29) is 5.92 Å². The number of nitrogens with zero attached hydrogens (tertiary/aromatic N) is 2. The first kappa shape index (κ1) is 18.1. The second-order valence-corrected chi connectivity index (χ2v) is 7.69. The van der Waals surface area contributed by atoms with Crippen molar-refractivity contribution in [1.29, 1.82) is 0 Å². The number of aliphatic hydroxyl groups is 1. The van der Waals surface area contributed by atoms with Crippen LogP contribution in [0.25, 0.3) is 10.2 Å². The van der Waals surface area contributed by atoms with Gasteiger partial charge in [0.25, 0.3) is 0 Å². The average molecular weight is 372 g/mol. The van der Waals surface area contributed by atoms with E-state index < -0.39 is 24.1 Å². The lowest BCUT2D eigenvalue weighted by Crippen LogP contribution is -2.48. The number of para-hydroxylation sites is 1. The summed E-state index contributed by atoms with van der Waals surface area (Å²) in [5.41, 5.74) is -2.05. The largest absolute Gasteiger partial charge is 0.417 e. The molecule has 1 aromatic heterocycles. The van der Waals surface area contributed by atoms with Crippen LogP contribution in [0.2, 0.25) is 0 Å². The van der Waals surface area contributed by atoms with Crippen LogP contribution in [0.3, 0.4) is 0 Å². The third-order valence-electron chi connectivity index (χ3n) is 4.61. The fourth-order valence-corrected chi connectivity index (χ4v) is 4.08. The smallest absolute Gasteiger partial charge is 0.380 e. The Labute approximate surface area is 147 Å². The number of aromatic nitrogens is 1. The predicted molar refractivity (Wildman–Crippen MR) is 89.5 cm³/mol. The van der Waals surface area contributed by atoms with Crippen LogP contribution < -0.4 is 0 Å². The Morgan fingerprint density at radius 3 is 2.56 bits per heavy atom. The summed E-state index contributed by atoms with van der Waals surface area (Å²) in [5, 5.41) is 10.5. The summed E-state index contributed by atoms with van der Waals surface area (Å²) in [6.45, 7) is 1.40. The molecule has 8 heteroatoms. The highest BCUT2D eigenvalue weighted by Crippen LogP contribution is 2.36. The fraction of sp³-hybridized carbons (Fsp3) is 0.529. The number of carbonyl (C=O) groups excluding carboxylic acids is 1. The summed E-state index contributed by atoms with van der Waals surface area (Å²) >= 11 is 1.62. The number of amides is 1. The van der Waals surface area contributed by atoms with Crippen molar-refractivity contribution in [3.05, 3.63) is 29.3 Å². The molecule has 136 valence electrons. The van der Waals surface area contributed by atoms with Gasteiger partial charge in [-0.2, -0.15) is 13.2 Å². The average Bonchev–Trinajstić information content (AvgIpc) is 2.97. The standard InChI is InChI=1S/C17H19F3N2O2S/c1-16(24,17(18,19)20)10-14(23)22-8-6-11(7-9-22)15-21-12-4-2-3-5-13(12)25-15/h2-5,11,24H,6-10H2,1H3/t16-/m0/s1. The van der Waals surface area contributed by atoms with E-state index in [0.717, 1.165) is 15.2 Å². The molecule has 0 spiro atoms. The van der Waals surface area contributed by atoms with E-state index in [2.05, 4.69) is 4.98 Å². The van der Waals surface area contributed by atoms with Crippen molar-refractivity contribution in [2.45, 2.75) is 43.9 Å². The van der Waals surface area contributed by atoms with Crippen LogP contribution in [-0.2, 0) is 4.79 Å². The van der Waals surface area contributed by atoms with Gasteiger partial charge in [0, 0.05) is 19.0 Å². The number of hydrogen-bond donors (Lipinski definition) is 1. The second-order valence-electron chi connectivity index (χ2n) is 6.62. The Morgan fingerprint density at radius 1 is 1.32 bits per heavy atom. The second kappa shape index (κ2) is 6.57. The summed E-state index contributed by atoms with van der Waals surface area (Å²) in [4.78, 5) is 18.1. The van der Waals surface area contributed by atoms with Gasteiger partial charge in [0.1, 0.15) is 0 Å². The number of likely N-dealkylation sites (tertiary alicyclic amines) is 1. The van der Waals surface area contributed by atoms with Crippen LogP contribution in [-0.4, -0.2) is 45.8 Å². The molecule has 1 saturated heterocycles. The number of rotatable bonds is 3. The number of benzene rings is 1. The topological polar surface area (TPSA) is 53.4 Å². The molecule has 1 fully saturated rings. The van der Waals surface area contributed by atoms with Gasteiger partial charge in [0.2, 0.25) is 5.91 Å². The summed E-state index contributed by atoms with van der Waals surface area (Å²) in [6.07, 6.45) is -4.43. The highest BCUT2D eigenvalue weighted by molar-refractivity contribution is 7.18. The lowest BCUT2D eigenvalue weighted by Gasteiger charge is -2.34. The fourth-order valence-electron chi connectivity index (χ4n) is 2.95. The van der Waals surface area contributed by atoms with Gasteiger partial charge < -0.3 is 10.0 Å². The maximum atomic E-state index is 12.7. The van der Waals surface area contributed by atoms with Gasteiger partial charge in [0.05, 0.1) is 21.6 Å². The van der Waals surface area contributed by atoms with Crippen molar-refractivity contribution >= 4 is 27.5 Å². The zero-order valence-corrected chi connectivity index (χ0v) is 14.5. The minimum absolute atomic E-state index is 0.213. The zero-order chi connectivity index (χ0) is 18.2. The molecule has 25 heavy (non-hydrogen) atoms. The van der Waals surface area contributed by atoms with Crippen LogP contribution in [0.1, 0.15) is 37.1 Å². The van der Waals surface area contributed by atoms with Crippen LogP contribution in [0.5, 0.6) is 0 Å². The SMILES string of the molecule is C[C@](O)(CC(=O)N1CCC(c2nc3ccccc3s2)CC1)C(F)(F)F. The maximum Gasteiger partial charge on any atom is 0.417 e. The van der Waals surface area contributed by atoms with Crippen molar-refractivity contribution in [2.24, 2.45) is 0 Å². The van der Waals surface area contributed by atoms with E-state index in [1.807, 2.05) is 24.3 Å². The van der Waals surface area contributed by atoms with Gasteiger partial charge in [-0.15, -0.1) is 11.3 Å². The van der Waals surface area contributed by atoms with Gasteiger partial charge in [-0.1, -0.05) is 12.1 Å². The van der Waals surface area contributed by atoms with Crippen molar-refractivity contribution in [3.63, 3.8) is 0 Å². The lowest BCUT2D eigenvalue weighted by atomic mass is 9.95. The Kier molecular flexibility index (Phi) is 4.76. The number of thiazole rings is 1. The first-order chi connectivity index (χ1) is 11.7. The van der Waals surface area contributed by atoms with Crippen molar-refractivity contribution in [2.75, 3.05) is 13.1 Å². The number of fused-ring (bicyclic) bond motifs is 1. The molecule has 0 bridgehead atoms. The van der Waals surface area contributed by atoms with E-state index in [1.165, 1.54) is 4.90 Å². The van der Waals surface area contributed by atoms with E-state index in [4.69, 9.17) is 0 Å². The highest BCUT2D eigenvalue weighted by Gasteiger charge is 2.51. The van der Waals surface area contributed by atoms with Crippen LogP contribution in [0.15, 0.2) is 24.3 Å². The van der Waals surface area contributed by atoms with Crippen molar-refractivity contribution in [1.82, 2.24) is 9.88 Å². The molecule has 0 saturated carbocycles. The number of halogens is 3. The lowest BCUT2D eigenvalue weighted by molar-refractivity contribution is -0.254. The molecule has 1 aromatic carbocycles. The summed E-state index contributed by atoms with van der Waals surface area (Å²) in [5.74, 6) is -0.449. The number of hydrogen-bond acceptors (Lipinski definition) is 4. The first-order valence-electron chi connectivity index (χ1n) is 8.10. The Hall–Kier alpha value is -1.67. The van der Waals surface area contributed by atoms with Crippen molar-refractivity contribution in [3.8, 4) is 0 Å². The molecule has 2 heterocycles. The summed E-state index contributed by atoms with van der Waals surface area (Å²) < 4.78 is 39.3. The zero-order valence-electron chi connectivity index (χ0n) is 13.7. The molecular weight excluding hydrogens is 353 g/mol. The molecule has 2 aromatic rings. The maximum absolute atomic E-state index is 12.7. The molecule has 1 atom stereocenters. The molecule has 0 unspecified atom stereocenters. The minimum atomic E-state index is -4.82. The normalized spacial score (nSPS) is 19.2. The van der Waals surface area contributed by atoms with E-state index in [0.29, 0.717) is 32.9 Å². The van der Waals surface area contributed by atoms with E-state index in [9.17, 15) is 23.1 Å². The molecule has 0 aliphatic carbocycles. The third-order valence-corrected chi connectivity index (χ3v) is 5.81. The first-order valence-corrected chi connectivity index (χ1v) is 8.91. The molecule has 1 N–H and O–H groups in total. The third kappa shape index (κ3) is 3.79. The summed E-state index contributed by atoms with van der Waals surface area (Å²) in [7, 11) is 0. The summed E-state index contributed by atoms with van der Waals surface area (Å²) in [6, 6.07) is 7.85. The van der Waals surface area contributed by atoms with Crippen molar-refractivity contribution < 1.29 is 23.1 Å². The molecular formula is C17H19F3N2O2S. The number of alkyl halides is 3. The Bertz CT molecular complexity index is 732. The van der Waals surface area contributed by atoms with E-state index in [1.54, 1.807) is 11.3 Å². The van der Waals surface area contributed by atoms with Crippen LogP contribution in [0, 0.1) is 0 Å². The van der Waals surface area contributed by atoms with Crippen LogP contribution >= 0.6 is 11.3 Å².